The Kier molecular flexibility index (Phi) is 3.11. The van der Waals surface area contributed by atoms with Crippen LogP contribution in [0.1, 0.15) is 38.9 Å². The molecule has 3 rings (SSSR count). The molecule has 0 amide bonds. The quantitative estimate of drug-likeness (QED) is 0.818. The van der Waals surface area contributed by atoms with E-state index in [0.29, 0.717) is 22.3 Å². The molecule has 1 aliphatic carbocycles. The lowest BCUT2D eigenvalue weighted by molar-refractivity contribution is -0.0830. The van der Waals surface area contributed by atoms with Crippen LogP contribution in [0, 0.1) is 11.8 Å². The Hall–Kier alpha value is -0.990. The van der Waals surface area contributed by atoms with Crippen LogP contribution >= 0.6 is 11.6 Å². The lowest BCUT2D eigenvalue weighted by Crippen LogP contribution is -2.40. The highest BCUT2D eigenvalue weighted by molar-refractivity contribution is 6.34. The molecule has 1 aromatic heterocycles. The first-order valence-electron chi connectivity index (χ1n) is 6.93. The van der Waals surface area contributed by atoms with Gasteiger partial charge in [-0.1, -0.05) is 44.0 Å². The molecular formula is C16H19ClO2. The van der Waals surface area contributed by atoms with E-state index in [1.165, 1.54) is 6.42 Å². The second-order valence-electron chi connectivity index (χ2n) is 5.85. The summed E-state index contributed by atoms with van der Waals surface area (Å²) in [6, 6.07) is 7.62. The van der Waals surface area contributed by atoms with Gasteiger partial charge >= 0.3 is 0 Å². The summed E-state index contributed by atoms with van der Waals surface area (Å²) in [5.41, 5.74) is -0.182. The van der Waals surface area contributed by atoms with Crippen LogP contribution in [0.4, 0.5) is 0 Å². The normalized spacial score (nSPS) is 31.8. The third kappa shape index (κ3) is 1.98. The van der Waals surface area contributed by atoms with E-state index in [1.54, 1.807) is 0 Å². The molecule has 1 aliphatic rings. The molecule has 0 spiro atoms. The maximum Gasteiger partial charge on any atom is 0.153 e. The third-order valence-electron chi connectivity index (χ3n) is 4.75. The molecule has 19 heavy (non-hydrogen) atoms. The number of rotatable bonds is 1. The standard InChI is InChI=1S/C16H19ClO2/c1-10-5-4-8-16(18,11(10)2)14-9-12-6-3-7-13(17)15(12)19-14/h3,6-7,9-11,18H,4-5,8H2,1-2H3. The van der Waals surface area contributed by atoms with Gasteiger partial charge in [-0.2, -0.15) is 0 Å². The number of hydrogen-bond acceptors (Lipinski definition) is 2. The van der Waals surface area contributed by atoms with Crippen molar-refractivity contribution in [2.45, 2.75) is 38.7 Å². The zero-order valence-electron chi connectivity index (χ0n) is 11.3. The van der Waals surface area contributed by atoms with Gasteiger partial charge in [-0.15, -0.1) is 0 Å². The lowest BCUT2D eigenvalue weighted by atomic mass is 9.69. The summed E-state index contributed by atoms with van der Waals surface area (Å²) in [6.07, 6.45) is 2.97. The zero-order valence-corrected chi connectivity index (χ0v) is 12.1. The Morgan fingerprint density at radius 2 is 2.16 bits per heavy atom. The predicted molar refractivity (Wildman–Crippen MR) is 77.3 cm³/mol. The molecule has 3 atom stereocenters. The highest BCUT2D eigenvalue weighted by atomic mass is 35.5. The summed E-state index contributed by atoms with van der Waals surface area (Å²) in [7, 11) is 0. The summed E-state index contributed by atoms with van der Waals surface area (Å²) < 4.78 is 5.88. The Labute approximate surface area is 118 Å². The fourth-order valence-electron chi connectivity index (χ4n) is 3.23. The van der Waals surface area contributed by atoms with Crippen molar-refractivity contribution >= 4 is 22.6 Å². The molecule has 2 aromatic rings. The van der Waals surface area contributed by atoms with Crippen molar-refractivity contribution in [3.05, 3.63) is 35.0 Å². The molecule has 2 nitrogen and oxygen atoms in total. The number of aliphatic hydroxyl groups is 1. The monoisotopic (exact) mass is 278 g/mol. The van der Waals surface area contributed by atoms with Crippen LogP contribution in [0.3, 0.4) is 0 Å². The molecule has 1 saturated carbocycles. The summed E-state index contributed by atoms with van der Waals surface area (Å²) in [5.74, 6) is 1.36. The summed E-state index contributed by atoms with van der Waals surface area (Å²) in [4.78, 5) is 0. The van der Waals surface area contributed by atoms with Crippen LogP contribution in [-0.2, 0) is 5.60 Å². The van der Waals surface area contributed by atoms with Gasteiger partial charge in [-0.25, -0.2) is 0 Å². The van der Waals surface area contributed by atoms with Gasteiger partial charge in [0.2, 0.25) is 0 Å². The van der Waals surface area contributed by atoms with Crippen molar-refractivity contribution in [3.63, 3.8) is 0 Å². The minimum Gasteiger partial charge on any atom is -0.456 e. The van der Waals surface area contributed by atoms with Crippen molar-refractivity contribution in [1.29, 1.82) is 0 Å². The van der Waals surface area contributed by atoms with Crippen LogP contribution in [0.2, 0.25) is 5.02 Å². The van der Waals surface area contributed by atoms with Gasteiger partial charge < -0.3 is 9.52 Å². The molecule has 3 heteroatoms. The number of halogens is 1. The van der Waals surface area contributed by atoms with Crippen molar-refractivity contribution in [2.24, 2.45) is 11.8 Å². The van der Waals surface area contributed by atoms with Gasteiger partial charge in [0.15, 0.2) is 5.58 Å². The molecule has 3 unspecified atom stereocenters. The highest BCUT2D eigenvalue weighted by Crippen LogP contribution is 2.46. The summed E-state index contributed by atoms with van der Waals surface area (Å²) >= 11 is 6.14. The molecule has 0 aliphatic heterocycles. The summed E-state index contributed by atoms with van der Waals surface area (Å²) in [6.45, 7) is 4.31. The van der Waals surface area contributed by atoms with Crippen LogP contribution in [0.25, 0.3) is 11.0 Å². The Morgan fingerprint density at radius 1 is 1.37 bits per heavy atom. The van der Waals surface area contributed by atoms with Gasteiger partial charge in [-0.3, -0.25) is 0 Å². The molecule has 0 radical (unpaired) electrons. The number of fused-ring (bicyclic) bond motifs is 1. The van der Waals surface area contributed by atoms with E-state index >= 15 is 0 Å². The second kappa shape index (κ2) is 4.53. The summed E-state index contributed by atoms with van der Waals surface area (Å²) in [5, 5.41) is 12.6. The molecule has 102 valence electrons. The van der Waals surface area contributed by atoms with E-state index in [2.05, 4.69) is 13.8 Å². The van der Waals surface area contributed by atoms with Crippen molar-refractivity contribution in [3.8, 4) is 0 Å². The molecule has 1 heterocycles. The van der Waals surface area contributed by atoms with Crippen LogP contribution in [-0.4, -0.2) is 5.11 Å². The zero-order chi connectivity index (χ0) is 13.6. The fourth-order valence-corrected chi connectivity index (χ4v) is 3.45. The Balaban J connectivity index is 2.10. The van der Waals surface area contributed by atoms with Gasteiger partial charge in [0, 0.05) is 5.39 Å². The van der Waals surface area contributed by atoms with E-state index < -0.39 is 5.60 Å². The van der Waals surface area contributed by atoms with E-state index in [-0.39, 0.29) is 5.92 Å². The van der Waals surface area contributed by atoms with Crippen molar-refractivity contribution < 1.29 is 9.52 Å². The first kappa shape index (κ1) is 13.0. The number of hydrogen-bond donors (Lipinski definition) is 1. The van der Waals surface area contributed by atoms with E-state index in [9.17, 15) is 5.11 Å². The number of benzene rings is 1. The van der Waals surface area contributed by atoms with Crippen LogP contribution < -0.4 is 0 Å². The van der Waals surface area contributed by atoms with E-state index in [1.807, 2.05) is 24.3 Å². The van der Waals surface area contributed by atoms with Crippen LogP contribution in [0.5, 0.6) is 0 Å². The topological polar surface area (TPSA) is 33.4 Å². The average molecular weight is 279 g/mol. The molecule has 0 bridgehead atoms. The predicted octanol–water partition coefficient (Wildman–Crippen LogP) is 4.73. The van der Waals surface area contributed by atoms with Gasteiger partial charge in [-0.05, 0) is 36.8 Å². The van der Waals surface area contributed by atoms with Gasteiger partial charge in [0.25, 0.3) is 0 Å². The van der Waals surface area contributed by atoms with Gasteiger partial charge in [0.1, 0.15) is 11.4 Å². The highest BCUT2D eigenvalue weighted by Gasteiger charge is 2.43. The minimum absolute atomic E-state index is 0.195. The minimum atomic E-state index is -0.861. The smallest absolute Gasteiger partial charge is 0.153 e. The number of para-hydroxylation sites is 1. The molecule has 1 fully saturated rings. The van der Waals surface area contributed by atoms with Crippen LogP contribution in [0.15, 0.2) is 28.7 Å². The van der Waals surface area contributed by atoms with E-state index in [0.717, 1.165) is 18.2 Å². The lowest BCUT2D eigenvalue weighted by Gasteiger charge is -2.40. The van der Waals surface area contributed by atoms with Gasteiger partial charge in [0.05, 0.1) is 5.02 Å². The molecule has 0 saturated heterocycles. The Bertz CT molecular complexity index is 604. The Morgan fingerprint density at radius 3 is 2.89 bits per heavy atom. The third-order valence-corrected chi connectivity index (χ3v) is 5.04. The van der Waals surface area contributed by atoms with Crippen molar-refractivity contribution in [1.82, 2.24) is 0 Å². The maximum absolute atomic E-state index is 11.0. The SMILES string of the molecule is CC1CCCC(O)(c2cc3cccc(Cl)c3o2)C1C. The van der Waals surface area contributed by atoms with Crippen molar-refractivity contribution in [2.75, 3.05) is 0 Å². The second-order valence-corrected chi connectivity index (χ2v) is 6.26. The molecular weight excluding hydrogens is 260 g/mol. The molecule has 1 N–H and O–H groups in total. The largest absolute Gasteiger partial charge is 0.456 e. The maximum atomic E-state index is 11.0. The average Bonchev–Trinajstić information content (AvgIpc) is 2.82. The fraction of sp³-hybridized carbons (Fsp3) is 0.500. The van der Waals surface area contributed by atoms with E-state index in [4.69, 9.17) is 16.0 Å². The first-order valence-corrected chi connectivity index (χ1v) is 7.31. The number of furan rings is 1. The molecule has 1 aromatic carbocycles. The first-order chi connectivity index (χ1) is 9.02.